The number of methoxy groups -OCH3 is 1. The number of esters is 1. The minimum absolute atomic E-state index is 0.289. The van der Waals surface area contributed by atoms with Crippen molar-refractivity contribution in [2.24, 2.45) is 0 Å². The third-order valence-corrected chi connectivity index (χ3v) is 3.01. The Kier molecular flexibility index (Phi) is 5.48. The van der Waals surface area contributed by atoms with Gasteiger partial charge in [0.25, 0.3) is 0 Å². The molecule has 0 saturated carbocycles. The zero-order valence-electron chi connectivity index (χ0n) is 12.2. The number of benzene rings is 1. The molecule has 22 heavy (non-hydrogen) atoms. The van der Waals surface area contributed by atoms with Crippen molar-refractivity contribution >= 4 is 18.0 Å². The van der Waals surface area contributed by atoms with Gasteiger partial charge in [0.05, 0.1) is 13.4 Å². The zero-order valence-corrected chi connectivity index (χ0v) is 12.2. The van der Waals surface area contributed by atoms with Crippen LogP contribution in [0.1, 0.15) is 11.3 Å². The third kappa shape index (κ3) is 4.59. The standard InChI is InChI=1S/C16H17N3O3/c1-22-16(21)14(9-13-10-17-11-18-13)19-15(20)8-7-12-5-3-2-4-6-12/h2-8,10-11,14H,9H2,1H3,(H,17,18)(H,19,20)/b8-7+/t14-/m1/s1. The summed E-state index contributed by atoms with van der Waals surface area (Å²) in [5.41, 5.74) is 1.64. The molecule has 2 N–H and O–H groups in total. The molecular formula is C16H17N3O3. The summed E-state index contributed by atoms with van der Waals surface area (Å²) in [7, 11) is 1.29. The third-order valence-electron chi connectivity index (χ3n) is 3.01. The molecule has 2 rings (SSSR count). The Balaban J connectivity index is 1.98. The molecule has 1 heterocycles. The van der Waals surface area contributed by atoms with Crippen LogP contribution in [0, 0.1) is 0 Å². The molecule has 1 atom stereocenters. The van der Waals surface area contributed by atoms with Gasteiger partial charge in [0, 0.05) is 24.4 Å². The van der Waals surface area contributed by atoms with Crippen LogP contribution in [0.5, 0.6) is 0 Å². The van der Waals surface area contributed by atoms with E-state index in [1.807, 2.05) is 30.3 Å². The summed E-state index contributed by atoms with van der Waals surface area (Å²) < 4.78 is 4.71. The van der Waals surface area contributed by atoms with Crippen LogP contribution in [0.25, 0.3) is 6.08 Å². The molecule has 6 nitrogen and oxygen atoms in total. The minimum Gasteiger partial charge on any atom is -0.467 e. The molecule has 0 spiro atoms. The lowest BCUT2D eigenvalue weighted by Crippen LogP contribution is -2.42. The van der Waals surface area contributed by atoms with Crippen molar-refractivity contribution < 1.29 is 14.3 Å². The second kappa shape index (κ2) is 7.78. The normalized spacial score (nSPS) is 12.0. The monoisotopic (exact) mass is 299 g/mol. The predicted octanol–water partition coefficient (Wildman–Crippen LogP) is 1.32. The second-order valence-electron chi connectivity index (χ2n) is 4.61. The van der Waals surface area contributed by atoms with E-state index in [1.165, 1.54) is 19.5 Å². The molecule has 0 radical (unpaired) electrons. The first-order chi connectivity index (χ1) is 10.7. The van der Waals surface area contributed by atoms with Crippen molar-refractivity contribution in [1.82, 2.24) is 15.3 Å². The number of aromatic amines is 1. The number of amides is 1. The number of aromatic nitrogens is 2. The van der Waals surface area contributed by atoms with E-state index in [4.69, 9.17) is 4.74 Å². The fourth-order valence-electron chi connectivity index (χ4n) is 1.91. The van der Waals surface area contributed by atoms with E-state index in [2.05, 4.69) is 15.3 Å². The van der Waals surface area contributed by atoms with Crippen LogP contribution < -0.4 is 5.32 Å². The van der Waals surface area contributed by atoms with Gasteiger partial charge in [-0.25, -0.2) is 9.78 Å². The molecule has 1 amide bonds. The smallest absolute Gasteiger partial charge is 0.328 e. The topological polar surface area (TPSA) is 84.1 Å². The van der Waals surface area contributed by atoms with Gasteiger partial charge in [-0.2, -0.15) is 0 Å². The van der Waals surface area contributed by atoms with E-state index in [1.54, 1.807) is 12.3 Å². The number of imidazole rings is 1. The largest absolute Gasteiger partial charge is 0.467 e. The van der Waals surface area contributed by atoms with Gasteiger partial charge in [-0.1, -0.05) is 30.3 Å². The highest BCUT2D eigenvalue weighted by Gasteiger charge is 2.21. The first-order valence-electron chi connectivity index (χ1n) is 6.77. The average molecular weight is 299 g/mol. The molecule has 1 aromatic carbocycles. The molecule has 1 aromatic heterocycles. The Bertz CT molecular complexity index is 636. The number of hydrogen-bond donors (Lipinski definition) is 2. The highest BCUT2D eigenvalue weighted by molar-refractivity contribution is 5.94. The molecule has 0 aliphatic heterocycles. The Morgan fingerprint density at radius 3 is 2.77 bits per heavy atom. The Morgan fingerprint density at radius 1 is 1.36 bits per heavy atom. The number of nitrogens with one attached hydrogen (secondary N) is 2. The lowest BCUT2D eigenvalue weighted by atomic mass is 10.1. The fraction of sp³-hybridized carbons (Fsp3) is 0.188. The fourth-order valence-corrected chi connectivity index (χ4v) is 1.91. The first-order valence-corrected chi connectivity index (χ1v) is 6.77. The number of rotatable bonds is 6. The summed E-state index contributed by atoms with van der Waals surface area (Å²) >= 11 is 0. The SMILES string of the molecule is COC(=O)[C@@H](Cc1cnc[nH]1)NC(=O)/C=C/c1ccccc1. The van der Waals surface area contributed by atoms with Crippen molar-refractivity contribution in [3.05, 3.63) is 60.2 Å². The van der Waals surface area contributed by atoms with Crippen molar-refractivity contribution in [1.29, 1.82) is 0 Å². The molecule has 0 aliphatic carbocycles. The van der Waals surface area contributed by atoms with Gasteiger partial charge in [-0.05, 0) is 11.6 Å². The predicted molar refractivity (Wildman–Crippen MR) is 81.7 cm³/mol. The van der Waals surface area contributed by atoms with Gasteiger partial charge in [0.1, 0.15) is 6.04 Å². The van der Waals surface area contributed by atoms with E-state index in [9.17, 15) is 9.59 Å². The molecule has 114 valence electrons. The zero-order chi connectivity index (χ0) is 15.8. The quantitative estimate of drug-likeness (QED) is 0.622. The van der Waals surface area contributed by atoms with Crippen molar-refractivity contribution in [3.63, 3.8) is 0 Å². The van der Waals surface area contributed by atoms with Crippen LogP contribution in [0.15, 0.2) is 48.9 Å². The van der Waals surface area contributed by atoms with Crippen LogP contribution in [-0.4, -0.2) is 35.0 Å². The van der Waals surface area contributed by atoms with E-state index < -0.39 is 12.0 Å². The van der Waals surface area contributed by atoms with Gasteiger partial charge in [-0.15, -0.1) is 0 Å². The highest BCUT2D eigenvalue weighted by atomic mass is 16.5. The lowest BCUT2D eigenvalue weighted by molar-refractivity contribution is -0.144. The maximum Gasteiger partial charge on any atom is 0.328 e. The van der Waals surface area contributed by atoms with E-state index in [0.717, 1.165) is 11.3 Å². The molecule has 2 aromatic rings. The van der Waals surface area contributed by atoms with Crippen molar-refractivity contribution in [2.45, 2.75) is 12.5 Å². The number of ether oxygens (including phenoxy) is 1. The maximum absolute atomic E-state index is 11.9. The summed E-state index contributed by atoms with van der Waals surface area (Å²) in [5.74, 6) is -0.866. The summed E-state index contributed by atoms with van der Waals surface area (Å²) in [6.07, 6.45) is 6.47. The number of carbonyl (C=O) groups is 2. The van der Waals surface area contributed by atoms with Crippen LogP contribution in [-0.2, 0) is 20.7 Å². The first kappa shape index (κ1) is 15.5. The molecule has 0 saturated heterocycles. The van der Waals surface area contributed by atoms with Crippen molar-refractivity contribution in [3.8, 4) is 0 Å². The summed E-state index contributed by atoms with van der Waals surface area (Å²) in [5, 5.41) is 2.63. The number of carbonyl (C=O) groups excluding carboxylic acids is 2. The Morgan fingerprint density at radius 2 is 2.14 bits per heavy atom. The van der Waals surface area contributed by atoms with Crippen LogP contribution in [0.2, 0.25) is 0 Å². The number of nitrogens with zero attached hydrogens (tertiary/aromatic N) is 1. The average Bonchev–Trinajstić information content (AvgIpc) is 3.05. The summed E-state index contributed by atoms with van der Waals surface area (Å²) in [6, 6.07) is 8.66. The maximum atomic E-state index is 11.9. The van der Waals surface area contributed by atoms with Crippen LogP contribution >= 0.6 is 0 Å². The van der Waals surface area contributed by atoms with Crippen LogP contribution in [0.3, 0.4) is 0 Å². The molecule has 6 heteroatoms. The summed E-state index contributed by atoms with van der Waals surface area (Å²) in [6.45, 7) is 0. The van der Waals surface area contributed by atoms with Gasteiger partial charge < -0.3 is 15.0 Å². The molecule has 0 fully saturated rings. The van der Waals surface area contributed by atoms with Gasteiger partial charge in [0.2, 0.25) is 5.91 Å². The van der Waals surface area contributed by atoms with Crippen LogP contribution in [0.4, 0.5) is 0 Å². The van der Waals surface area contributed by atoms with Gasteiger partial charge in [0.15, 0.2) is 0 Å². The Labute approximate surface area is 128 Å². The second-order valence-corrected chi connectivity index (χ2v) is 4.61. The van der Waals surface area contributed by atoms with E-state index >= 15 is 0 Å². The summed E-state index contributed by atoms with van der Waals surface area (Å²) in [4.78, 5) is 30.5. The Hall–Kier alpha value is -2.89. The highest BCUT2D eigenvalue weighted by Crippen LogP contribution is 2.03. The van der Waals surface area contributed by atoms with E-state index in [-0.39, 0.29) is 12.3 Å². The lowest BCUT2D eigenvalue weighted by Gasteiger charge is -2.14. The molecule has 0 unspecified atom stereocenters. The molecule has 0 aliphatic rings. The molecule has 0 bridgehead atoms. The van der Waals surface area contributed by atoms with Crippen molar-refractivity contribution in [2.75, 3.05) is 7.11 Å². The van der Waals surface area contributed by atoms with Gasteiger partial charge in [-0.3, -0.25) is 4.79 Å². The minimum atomic E-state index is -0.765. The molecular weight excluding hydrogens is 282 g/mol. The number of hydrogen-bond acceptors (Lipinski definition) is 4. The van der Waals surface area contributed by atoms with Gasteiger partial charge >= 0.3 is 5.97 Å². The van der Waals surface area contributed by atoms with E-state index in [0.29, 0.717) is 0 Å². The number of H-pyrrole nitrogens is 1.